The van der Waals surface area contributed by atoms with Crippen molar-refractivity contribution >= 4 is 28.4 Å². The second kappa shape index (κ2) is 8.23. The Kier molecular flexibility index (Phi) is 5.45. The van der Waals surface area contributed by atoms with Crippen LogP contribution in [0.3, 0.4) is 0 Å². The van der Waals surface area contributed by atoms with Crippen molar-refractivity contribution in [2.45, 2.75) is 12.5 Å². The summed E-state index contributed by atoms with van der Waals surface area (Å²) in [5.41, 5.74) is 7.92. The van der Waals surface area contributed by atoms with E-state index in [2.05, 4.69) is 15.2 Å². The number of carbonyl (C=O) groups excluding carboxylic acids is 1. The number of hydrogen-bond donors (Lipinski definition) is 3. The second-order valence-corrected chi connectivity index (χ2v) is 6.87. The van der Waals surface area contributed by atoms with Crippen molar-refractivity contribution in [2.75, 3.05) is 11.1 Å². The van der Waals surface area contributed by atoms with Gasteiger partial charge in [-0.15, -0.1) is 13.2 Å². The summed E-state index contributed by atoms with van der Waals surface area (Å²) in [4.78, 5) is 12.5. The number of hydrogen-bond acceptors (Lipinski definition) is 6. The lowest BCUT2D eigenvalue weighted by atomic mass is 10.00. The predicted octanol–water partition coefficient (Wildman–Crippen LogP) is 4.65. The molecule has 0 aliphatic heterocycles. The summed E-state index contributed by atoms with van der Waals surface area (Å²) in [6, 6.07) is 16.5. The normalized spacial score (nSPS) is 12.5. The summed E-state index contributed by atoms with van der Waals surface area (Å²) in [7, 11) is 0. The Balaban J connectivity index is 1.49. The number of aliphatic hydroxyl groups excluding tert-OH is 1. The summed E-state index contributed by atoms with van der Waals surface area (Å²) in [5.74, 6) is -0.794. The highest BCUT2D eigenvalue weighted by molar-refractivity contribution is 5.97. The molecular formula is C22H16F3N3O4. The fourth-order valence-corrected chi connectivity index (χ4v) is 3.13. The Labute approximate surface area is 179 Å². The number of ether oxygens (including phenoxy) is 1. The summed E-state index contributed by atoms with van der Waals surface area (Å²) >= 11 is 0. The first-order chi connectivity index (χ1) is 15.2. The number of nitrogens with one attached hydrogen (secondary N) is 1. The van der Waals surface area contributed by atoms with Crippen molar-refractivity contribution in [1.82, 2.24) is 5.16 Å². The Hall–Kier alpha value is -4.05. The maximum absolute atomic E-state index is 12.5. The topological polar surface area (TPSA) is 111 Å². The first kappa shape index (κ1) is 21.2. The van der Waals surface area contributed by atoms with E-state index in [1.54, 1.807) is 36.4 Å². The van der Waals surface area contributed by atoms with Crippen LogP contribution >= 0.6 is 0 Å². The highest BCUT2D eigenvalue weighted by Gasteiger charge is 2.31. The first-order valence-electron chi connectivity index (χ1n) is 9.29. The van der Waals surface area contributed by atoms with Gasteiger partial charge in [-0.25, -0.2) is 0 Å². The van der Waals surface area contributed by atoms with Crippen LogP contribution in [-0.2, 0) is 4.79 Å². The number of anilines is 2. The molecule has 10 heteroatoms. The first-order valence-corrected chi connectivity index (χ1v) is 9.29. The number of benzene rings is 3. The zero-order valence-electron chi connectivity index (χ0n) is 16.3. The number of halogens is 3. The SMILES string of the molecule is Nc1noc2cc(NC(=O)C(O)c3cccc(-c4ccc(OC(F)(F)F)cc4)c3)ccc12. The van der Waals surface area contributed by atoms with Gasteiger partial charge in [-0.2, -0.15) is 0 Å². The predicted molar refractivity (Wildman–Crippen MR) is 111 cm³/mol. The third-order valence-electron chi connectivity index (χ3n) is 4.64. The number of alkyl halides is 3. The minimum atomic E-state index is -4.77. The van der Waals surface area contributed by atoms with Crippen molar-refractivity contribution in [1.29, 1.82) is 0 Å². The van der Waals surface area contributed by atoms with Gasteiger partial charge >= 0.3 is 6.36 Å². The molecule has 1 atom stereocenters. The minimum absolute atomic E-state index is 0.229. The third kappa shape index (κ3) is 4.65. The van der Waals surface area contributed by atoms with E-state index in [1.165, 1.54) is 30.3 Å². The quantitative estimate of drug-likeness (QED) is 0.414. The Bertz CT molecular complexity index is 1270. The van der Waals surface area contributed by atoms with Crippen molar-refractivity contribution in [3.05, 3.63) is 72.3 Å². The van der Waals surface area contributed by atoms with E-state index < -0.39 is 18.4 Å². The summed E-state index contributed by atoms with van der Waals surface area (Å²) in [6.45, 7) is 0. The third-order valence-corrected chi connectivity index (χ3v) is 4.64. The van der Waals surface area contributed by atoms with Gasteiger partial charge in [-0.3, -0.25) is 4.79 Å². The zero-order chi connectivity index (χ0) is 22.9. The molecule has 1 unspecified atom stereocenters. The zero-order valence-corrected chi connectivity index (χ0v) is 16.3. The molecule has 1 amide bonds. The monoisotopic (exact) mass is 443 g/mol. The highest BCUT2D eigenvalue weighted by atomic mass is 19.4. The number of aromatic nitrogens is 1. The molecule has 0 bridgehead atoms. The molecule has 1 heterocycles. The van der Waals surface area contributed by atoms with E-state index in [9.17, 15) is 23.1 Å². The van der Waals surface area contributed by atoms with Crippen LogP contribution in [0.2, 0.25) is 0 Å². The lowest BCUT2D eigenvalue weighted by molar-refractivity contribution is -0.274. The molecule has 0 saturated heterocycles. The molecule has 1 aromatic heterocycles. The number of aliphatic hydroxyl groups is 1. The molecule has 0 fully saturated rings. The molecule has 164 valence electrons. The van der Waals surface area contributed by atoms with E-state index in [0.29, 0.717) is 33.3 Å². The van der Waals surface area contributed by atoms with Crippen molar-refractivity contribution < 1.29 is 32.3 Å². The molecule has 4 N–H and O–H groups in total. The molecule has 0 radical (unpaired) electrons. The van der Waals surface area contributed by atoms with Crippen LogP contribution in [0.15, 0.2) is 71.3 Å². The number of nitrogens with two attached hydrogens (primary N) is 1. The fourth-order valence-electron chi connectivity index (χ4n) is 3.13. The van der Waals surface area contributed by atoms with Gasteiger partial charge in [0.25, 0.3) is 5.91 Å². The second-order valence-electron chi connectivity index (χ2n) is 6.87. The Morgan fingerprint density at radius 2 is 1.81 bits per heavy atom. The van der Waals surface area contributed by atoms with Crippen molar-refractivity contribution in [3.63, 3.8) is 0 Å². The number of nitrogens with zero attached hydrogens (tertiary/aromatic N) is 1. The van der Waals surface area contributed by atoms with Crippen LogP contribution < -0.4 is 15.8 Å². The standard InChI is InChI=1S/C22H16F3N3O4/c23-22(24,25)31-16-7-4-12(5-8-16)13-2-1-3-14(10-13)19(29)21(30)27-15-6-9-17-18(11-15)32-28-20(17)26/h1-11,19,29H,(H2,26,28)(H,27,30). The lowest BCUT2D eigenvalue weighted by Crippen LogP contribution is -2.20. The number of carbonyl (C=O) groups is 1. The minimum Gasteiger partial charge on any atom is -0.406 e. The van der Waals surface area contributed by atoms with E-state index >= 15 is 0 Å². The van der Waals surface area contributed by atoms with Gasteiger partial charge in [0.15, 0.2) is 17.5 Å². The number of nitrogen functional groups attached to an aromatic ring is 1. The van der Waals surface area contributed by atoms with E-state index in [1.807, 2.05) is 0 Å². The summed E-state index contributed by atoms with van der Waals surface area (Å²) < 4.78 is 45.9. The van der Waals surface area contributed by atoms with Crippen LogP contribution in [-0.4, -0.2) is 22.5 Å². The molecule has 0 spiro atoms. The van der Waals surface area contributed by atoms with Crippen molar-refractivity contribution in [3.8, 4) is 16.9 Å². The number of fused-ring (bicyclic) bond motifs is 1. The van der Waals surface area contributed by atoms with Crippen LogP contribution in [0, 0.1) is 0 Å². The van der Waals surface area contributed by atoms with Gasteiger partial charge in [-0.05, 0) is 47.0 Å². The average molecular weight is 443 g/mol. The molecule has 3 aromatic carbocycles. The van der Waals surface area contributed by atoms with Crippen LogP contribution in [0.4, 0.5) is 24.7 Å². The maximum atomic E-state index is 12.5. The summed E-state index contributed by atoms with van der Waals surface area (Å²) in [5, 5.41) is 17.3. The van der Waals surface area contributed by atoms with Gasteiger partial charge in [0.05, 0.1) is 5.39 Å². The lowest BCUT2D eigenvalue weighted by Gasteiger charge is -2.13. The molecule has 0 aliphatic carbocycles. The molecule has 0 saturated carbocycles. The van der Waals surface area contributed by atoms with Crippen LogP contribution in [0.1, 0.15) is 11.7 Å². The molecule has 7 nitrogen and oxygen atoms in total. The Morgan fingerprint density at radius 1 is 1.06 bits per heavy atom. The Morgan fingerprint density at radius 3 is 2.53 bits per heavy atom. The number of amides is 1. The van der Waals surface area contributed by atoms with E-state index in [-0.39, 0.29) is 11.6 Å². The fraction of sp³-hybridized carbons (Fsp3) is 0.0909. The van der Waals surface area contributed by atoms with Crippen LogP contribution in [0.5, 0.6) is 5.75 Å². The molecule has 32 heavy (non-hydrogen) atoms. The largest absolute Gasteiger partial charge is 0.573 e. The molecule has 0 aliphatic rings. The number of rotatable bonds is 5. The van der Waals surface area contributed by atoms with E-state index in [0.717, 1.165) is 0 Å². The van der Waals surface area contributed by atoms with Gasteiger partial charge in [-0.1, -0.05) is 35.5 Å². The van der Waals surface area contributed by atoms with Crippen molar-refractivity contribution in [2.24, 2.45) is 0 Å². The van der Waals surface area contributed by atoms with E-state index in [4.69, 9.17) is 10.3 Å². The van der Waals surface area contributed by atoms with Crippen LogP contribution in [0.25, 0.3) is 22.1 Å². The maximum Gasteiger partial charge on any atom is 0.573 e. The molecule has 4 rings (SSSR count). The molecular weight excluding hydrogens is 427 g/mol. The van der Waals surface area contributed by atoms with Gasteiger partial charge in [0.2, 0.25) is 0 Å². The van der Waals surface area contributed by atoms with Gasteiger partial charge in [0.1, 0.15) is 5.75 Å². The smallest absolute Gasteiger partial charge is 0.406 e. The van der Waals surface area contributed by atoms with Gasteiger partial charge < -0.3 is 25.4 Å². The molecule has 4 aromatic rings. The summed E-state index contributed by atoms with van der Waals surface area (Å²) in [6.07, 6.45) is -6.26. The van der Waals surface area contributed by atoms with Gasteiger partial charge in [0, 0.05) is 11.8 Å². The highest BCUT2D eigenvalue weighted by Crippen LogP contribution is 2.29. The average Bonchev–Trinajstić information content (AvgIpc) is 3.13.